The fourth-order valence-electron chi connectivity index (χ4n) is 4.46. The lowest BCUT2D eigenvalue weighted by Crippen LogP contribution is -2.32. The lowest BCUT2D eigenvalue weighted by atomic mass is 9.88. The third kappa shape index (κ3) is 4.43. The van der Waals surface area contributed by atoms with Crippen LogP contribution in [-0.4, -0.2) is 28.3 Å². The summed E-state index contributed by atoms with van der Waals surface area (Å²) in [5, 5.41) is 4.17. The van der Waals surface area contributed by atoms with E-state index in [1.54, 1.807) is 23.8 Å². The molecular weight excluding hydrogens is 446 g/mol. The Hall–Kier alpha value is -3.58. The van der Waals surface area contributed by atoms with Crippen molar-refractivity contribution >= 4 is 28.6 Å². The molecule has 1 aliphatic rings. The van der Waals surface area contributed by atoms with Crippen LogP contribution in [0.2, 0.25) is 0 Å². The highest BCUT2D eigenvalue weighted by atomic mass is 32.2. The molecular formula is C27H25N3O3S. The van der Waals surface area contributed by atoms with Gasteiger partial charge in [0.05, 0.1) is 35.5 Å². The number of carbonyl (C=O) groups is 1. The molecule has 172 valence electrons. The summed E-state index contributed by atoms with van der Waals surface area (Å²) in [6.45, 7) is 0. The number of thioether (sulfide) groups is 1. The topological polar surface area (TPSA) is 73.2 Å². The average molecular weight is 472 g/mol. The molecule has 34 heavy (non-hydrogen) atoms. The van der Waals surface area contributed by atoms with Crippen LogP contribution in [0.25, 0.3) is 16.6 Å². The van der Waals surface area contributed by atoms with Crippen molar-refractivity contribution in [2.45, 2.75) is 30.5 Å². The van der Waals surface area contributed by atoms with Gasteiger partial charge in [-0.3, -0.25) is 14.2 Å². The number of benzene rings is 3. The van der Waals surface area contributed by atoms with Gasteiger partial charge in [0.15, 0.2) is 5.16 Å². The lowest BCUT2D eigenvalue weighted by molar-refractivity contribution is -0.119. The molecule has 0 fully saturated rings. The molecule has 5 rings (SSSR count). The first-order valence-electron chi connectivity index (χ1n) is 11.3. The molecule has 1 amide bonds. The normalized spacial score (nSPS) is 15.0. The minimum atomic E-state index is -0.178. The summed E-state index contributed by atoms with van der Waals surface area (Å²) in [5.74, 6) is 0.724. The van der Waals surface area contributed by atoms with Crippen LogP contribution in [-0.2, 0) is 11.2 Å². The zero-order valence-electron chi connectivity index (χ0n) is 18.9. The molecule has 1 aromatic heterocycles. The molecule has 1 unspecified atom stereocenters. The van der Waals surface area contributed by atoms with Gasteiger partial charge in [-0.1, -0.05) is 54.2 Å². The second kappa shape index (κ2) is 9.73. The fourth-order valence-corrected chi connectivity index (χ4v) is 5.28. The number of fused-ring (bicyclic) bond motifs is 2. The van der Waals surface area contributed by atoms with Crippen LogP contribution in [0.4, 0.5) is 0 Å². The second-order valence-electron chi connectivity index (χ2n) is 8.25. The number of amides is 1. The molecule has 7 heteroatoms. The van der Waals surface area contributed by atoms with Gasteiger partial charge in [-0.2, -0.15) is 0 Å². The second-order valence-corrected chi connectivity index (χ2v) is 9.20. The zero-order valence-corrected chi connectivity index (χ0v) is 19.7. The predicted octanol–water partition coefficient (Wildman–Crippen LogP) is 4.68. The van der Waals surface area contributed by atoms with Gasteiger partial charge < -0.3 is 10.1 Å². The molecule has 0 aliphatic heterocycles. The Morgan fingerprint density at radius 3 is 2.82 bits per heavy atom. The highest BCUT2D eigenvalue weighted by molar-refractivity contribution is 7.99. The van der Waals surface area contributed by atoms with Crippen LogP contribution in [0.15, 0.2) is 82.7 Å². The van der Waals surface area contributed by atoms with Gasteiger partial charge >= 0.3 is 0 Å². The van der Waals surface area contributed by atoms with Crippen LogP contribution in [0, 0.1) is 0 Å². The van der Waals surface area contributed by atoms with Crippen molar-refractivity contribution in [3.8, 4) is 11.4 Å². The molecule has 0 saturated heterocycles. The smallest absolute Gasteiger partial charge is 0.266 e. The van der Waals surface area contributed by atoms with Gasteiger partial charge in [0.25, 0.3) is 5.56 Å². The molecule has 1 N–H and O–H groups in total. The quantitative estimate of drug-likeness (QED) is 0.327. The standard InChI is InChI=1S/C27H25N3O3S/c1-33-20-11-7-10-19(16-20)30-26(32)22-13-4-5-14-24(22)29-27(30)34-17-25(31)28-23-15-6-9-18-8-2-3-12-21(18)23/h2-5,7-8,10-14,16,23H,6,9,15,17H2,1H3,(H,28,31). The van der Waals surface area contributed by atoms with E-state index in [1.807, 2.05) is 48.5 Å². The molecule has 0 saturated carbocycles. The number of nitrogens with one attached hydrogen (secondary N) is 1. The minimum Gasteiger partial charge on any atom is -0.497 e. The number of carbonyl (C=O) groups excluding carboxylic acids is 1. The van der Waals surface area contributed by atoms with E-state index in [0.717, 1.165) is 19.3 Å². The maximum atomic E-state index is 13.4. The molecule has 6 nitrogen and oxygen atoms in total. The van der Waals surface area contributed by atoms with Crippen molar-refractivity contribution in [2.24, 2.45) is 0 Å². The van der Waals surface area contributed by atoms with Crippen LogP contribution < -0.4 is 15.6 Å². The summed E-state index contributed by atoms with van der Waals surface area (Å²) in [5.41, 5.74) is 3.57. The Balaban J connectivity index is 1.43. The molecule has 1 heterocycles. The number of methoxy groups -OCH3 is 1. The van der Waals surface area contributed by atoms with Crippen LogP contribution >= 0.6 is 11.8 Å². The summed E-state index contributed by atoms with van der Waals surface area (Å²) in [6.07, 6.45) is 3.03. The highest BCUT2D eigenvalue weighted by Gasteiger charge is 2.22. The minimum absolute atomic E-state index is 0.0168. The fraction of sp³-hybridized carbons (Fsp3) is 0.222. The molecule has 1 aliphatic carbocycles. The number of hydrogen-bond donors (Lipinski definition) is 1. The van der Waals surface area contributed by atoms with Gasteiger partial charge in [-0.15, -0.1) is 0 Å². The summed E-state index contributed by atoms with van der Waals surface area (Å²) in [4.78, 5) is 31.1. The van der Waals surface area contributed by atoms with E-state index in [2.05, 4.69) is 17.4 Å². The Bertz CT molecular complexity index is 1420. The number of aryl methyl sites for hydroxylation is 1. The maximum absolute atomic E-state index is 13.4. The Labute approximate surface area is 202 Å². The third-order valence-corrected chi connectivity index (χ3v) is 7.03. The first-order valence-corrected chi connectivity index (χ1v) is 12.3. The van der Waals surface area contributed by atoms with Gasteiger partial charge in [0.1, 0.15) is 5.75 Å². The number of rotatable bonds is 6. The molecule has 3 aromatic carbocycles. The first kappa shape index (κ1) is 22.2. The van der Waals surface area contributed by atoms with Crippen LogP contribution in [0.5, 0.6) is 5.75 Å². The zero-order chi connectivity index (χ0) is 23.5. The molecule has 0 spiro atoms. The van der Waals surface area contributed by atoms with Gasteiger partial charge in [0.2, 0.25) is 5.91 Å². The van der Waals surface area contributed by atoms with Crippen molar-refractivity contribution in [3.63, 3.8) is 0 Å². The van der Waals surface area contributed by atoms with Gasteiger partial charge in [-0.05, 0) is 54.7 Å². The third-order valence-electron chi connectivity index (χ3n) is 6.09. The SMILES string of the molecule is COc1cccc(-n2c(SCC(=O)NC3CCCc4ccccc43)nc3ccccc3c2=O)c1. The van der Waals surface area contributed by atoms with Crippen molar-refractivity contribution in [2.75, 3.05) is 12.9 Å². The van der Waals surface area contributed by atoms with E-state index in [0.29, 0.717) is 27.5 Å². The van der Waals surface area contributed by atoms with E-state index >= 15 is 0 Å². The molecule has 4 aromatic rings. The van der Waals surface area contributed by atoms with E-state index in [9.17, 15) is 9.59 Å². The number of nitrogens with zero attached hydrogens (tertiary/aromatic N) is 2. The Kier molecular flexibility index (Phi) is 6.36. The molecule has 1 atom stereocenters. The van der Waals surface area contributed by atoms with Gasteiger partial charge in [-0.25, -0.2) is 4.98 Å². The highest BCUT2D eigenvalue weighted by Crippen LogP contribution is 2.30. The molecule has 0 radical (unpaired) electrons. The Morgan fingerprint density at radius 2 is 1.94 bits per heavy atom. The van der Waals surface area contributed by atoms with Crippen LogP contribution in [0.1, 0.15) is 30.0 Å². The maximum Gasteiger partial charge on any atom is 0.266 e. The monoisotopic (exact) mass is 471 g/mol. The Morgan fingerprint density at radius 1 is 1.12 bits per heavy atom. The first-order chi connectivity index (χ1) is 16.6. The van der Waals surface area contributed by atoms with Crippen molar-refractivity contribution in [1.29, 1.82) is 0 Å². The predicted molar refractivity (Wildman–Crippen MR) is 135 cm³/mol. The van der Waals surface area contributed by atoms with E-state index < -0.39 is 0 Å². The summed E-state index contributed by atoms with van der Waals surface area (Å²) in [6, 6.07) is 22.9. The number of aromatic nitrogens is 2. The number of para-hydroxylation sites is 1. The summed E-state index contributed by atoms with van der Waals surface area (Å²) < 4.78 is 6.90. The molecule has 0 bridgehead atoms. The van der Waals surface area contributed by atoms with Crippen molar-refractivity contribution in [3.05, 3.63) is 94.3 Å². The summed E-state index contributed by atoms with van der Waals surface area (Å²) >= 11 is 1.26. The lowest BCUT2D eigenvalue weighted by Gasteiger charge is -2.26. The van der Waals surface area contributed by atoms with Crippen LogP contribution in [0.3, 0.4) is 0 Å². The summed E-state index contributed by atoms with van der Waals surface area (Å²) in [7, 11) is 1.59. The number of hydrogen-bond acceptors (Lipinski definition) is 5. The van der Waals surface area contributed by atoms with Crippen molar-refractivity contribution in [1.82, 2.24) is 14.9 Å². The van der Waals surface area contributed by atoms with E-state index in [4.69, 9.17) is 9.72 Å². The van der Waals surface area contributed by atoms with Crippen molar-refractivity contribution < 1.29 is 9.53 Å². The average Bonchev–Trinajstić information content (AvgIpc) is 2.88. The number of ether oxygens (including phenoxy) is 1. The largest absolute Gasteiger partial charge is 0.497 e. The van der Waals surface area contributed by atoms with E-state index in [1.165, 1.54) is 22.9 Å². The van der Waals surface area contributed by atoms with E-state index in [-0.39, 0.29) is 23.3 Å². The van der Waals surface area contributed by atoms with Gasteiger partial charge in [0, 0.05) is 6.07 Å².